The minimum absolute atomic E-state index is 0.223. The van der Waals surface area contributed by atoms with Crippen molar-refractivity contribution in [1.29, 1.82) is 0 Å². The van der Waals surface area contributed by atoms with Crippen LogP contribution in [-0.2, 0) is 4.79 Å². The standard InChI is InChI=1S/C14H21NO3/c1-3-10(8-13(15)14(17)18)9(2)11-4-6-12(16)7-5-11/h4-7,9-10,13,16H,3,8,15H2,1-2H3,(H,17,18). The second kappa shape index (κ2) is 6.40. The number of hydrogen-bond donors (Lipinski definition) is 3. The smallest absolute Gasteiger partial charge is 0.320 e. The first-order valence-corrected chi connectivity index (χ1v) is 6.23. The molecule has 3 unspecified atom stereocenters. The van der Waals surface area contributed by atoms with Crippen molar-refractivity contribution in [3.63, 3.8) is 0 Å². The first kappa shape index (κ1) is 14.5. The molecule has 0 aliphatic rings. The van der Waals surface area contributed by atoms with E-state index < -0.39 is 12.0 Å². The molecule has 4 N–H and O–H groups in total. The molecule has 100 valence electrons. The normalized spacial score (nSPS) is 15.9. The summed E-state index contributed by atoms with van der Waals surface area (Å²) in [6, 6.07) is 6.23. The average molecular weight is 251 g/mol. The van der Waals surface area contributed by atoms with Crippen molar-refractivity contribution < 1.29 is 15.0 Å². The highest BCUT2D eigenvalue weighted by molar-refractivity contribution is 5.73. The topological polar surface area (TPSA) is 83.6 Å². The molecule has 0 radical (unpaired) electrons. The monoisotopic (exact) mass is 251 g/mol. The van der Waals surface area contributed by atoms with Gasteiger partial charge in [0.1, 0.15) is 11.8 Å². The Hall–Kier alpha value is -1.55. The quantitative estimate of drug-likeness (QED) is 0.724. The van der Waals surface area contributed by atoms with Crippen molar-refractivity contribution in [3.05, 3.63) is 29.8 Å². The summed E-state index contributed by atoms with van der Waals surface area (Å²) >= 11 is 0. The first-order valence-electron chi connectivity index (χ1n) is 6.23. The number of aromatic hydroxyl groups is 1. The summed E-state index contributed by atoms with van der Waals surface area (Å²) in [5.41, 5.74) is 6.69. The van der Waals surface area contributed by atoms with Crippen molar-refractivity contribution in [2.75, 3.05) is 0 Å². The van der Waals surface area contributed by atoms with E-state index in [1.165, 1.54) is 0 Å². The Labute approximate surface area is 107 Å². The molecular formula is C14H21NO3. The molecule has 0 fully saturated rings. The maximum absolute atomic E-state index is 10.8. The summed E-state index contributed by atoms with van der Waals surface area (Å²) in [5.74, 6) is -0.269. The number of hydrogen-bond acceptors (Lipinski definition) is 3. The number of carboxylic acid groups (broad SMARTS) is 1. The number of carboxylic acids is 1. The molecule has 1 aromatic rings. The first-order chi connectivity index (χ1) is 8.45. The van der Waals surface area contributed by atoms with Gasteiger partial charge in [0.2, 0.25) is 0 Å². The molecule has 1 rings (SSSR count). The zero-order valence-electron chi connectivity index (χ0n) is 10.8. The van der Waals surface area contributed by atoms with Gasteiger partial charge in [-0.1, -0.05) is 32.4 Å². The van der Waals surface area contributed by atoms with Gasteiger partial charge in [0.05, 0.1) is 0 Å². The summed E-state index contributed by atoms with van der Waals surface area (Å²) < 4.78 is 0. The molecule has 0 aliphatic heterocycles. The molecule has 0 aliphatic carbocycles. The van der Waals surface area contributed by atoms with Gasteiger partial charge >= 0.3 is 5.97 Å². The number of aliphatic carboxylic acids is 1. The van der Waals surface area contributed by atoms with E-state index in [2.05, 4.69) is 6.92 Å². The van der Waals surface area contributed by atoms with Gasteiger partial charge < -0.3 is 15.9 Å². The van der Waals surface area contributed by atoms with Crippen molar-refractivity contribution in [2.24, 2.45) is 11.7 Å². The molecule has 0 bridgehead atoms. The third-order valence-corrected chi connectivity index (χ3v) is 3.52. The maximum Gasteiger partial charge on any atom is 0.320 e. The summed E-state index contributed by atoms with van der Waals surface area (Å²) in [6.07, 6.45) is 1.34. The molecule has 0 heterocycles. The number of nitrogens with two attached hydrogens (primary N) is 1. The summed E-state index contributed by atoms with van der Waals surface area (Å²) in [6.45, 7) is 4.10. The number of phenolic OH excluding ortho intramolecular Hbond substituents is 1. The van der Waals surface area contributed by atoms with Crippen LogP contribution in [-0.4, -0.2) is 22.2 Å². The Morgan fingerprint density at radius 1 is 1.33 bits per heavy atom. The molecule has 3 atom stereocenters. The lowest BCUT2D eigenvalue weighted by atomic mass is 9.82. The molecule has 4 heteroatoms. The van der Waals surface area contributed by atoms with E-state index in [1.54, 1.807) is 12.1 Å². The average Bonchev–Trinajstić information content (AvgIpc) is 2.35. The van der Waals surface area contributed by atoms with Crippen LogP contribution in [0.25, 0.3) is 0 Å². The van der Waals surface area contributed by atoms with Crippen LogP contribution in [0, 0.1) is 5.92 Å². The predicted octanol–water partition coefficient (Wildman–Crippen LogP) is 2.32. The second-order valence-electron chi connectivity index (χ2n) is 4.73. The Kier molecular flexibility index (Phi) is 5.16. The van der Waals surface area contributed by atoms with E-state index in [1.807, 2.05) is 19.1 Å². The Bertz CT molecular complexity index is 389. The van der Waals surface area contributed by atoms with Gasteiger partial charge in [0, 0.05) is 0 Å². The van der Waals surface area contributed by atoms with Crippen LogP contribution < -0.4 is 5.73 Å². The van der Waals surface area contributed by atoms with Crippen LogP contribution in [0.15, 0.2) is 24.3 Å². The van der Waals surface area contributed by atoms with Crippen LogP contribution in [0.1, 0.15) is 38.2 Å². The summed E-state index contributed by atoms with van der Waals surface area (Å²) in [5, 5.41) is 18.1. The molecule has 4 nitrogen and oxygen atoms in total. The van der Waals surface area contributed by atoms with Crippen LogP contribution >= 0.6 is 0 Å². The number of phenols is 1. The van der Waals surface area contributed by atoms with Crippen LogP contribution in [0.2, 0.25) is 0 Å². The van der Waals surface area contributed by atoms with Crippen LogP contribution in [0.3, 0.4) is 0 Å². The predicted molar refractivity (Wildman–Crippen MR) is 70.5 cm³/mol. The SMILES string of the molecule is CCC(CC(N)C(=O)O)C(C)c1ccc(O)cc1. The Balaban J connectivity index is 2.75. The molecule has 0 aromatic heterocycles. The van der Waals surface area contributed by atoms with Gasteiger partial charge in [-0.05, 0) is 36.0 Å². The Morgan fingerprint density at radius 3 is 2.33 bits per heavy atom. The molecular weight excluding hydrogens is 230 g/mol. The van der Waals surface area contributed by atoms with E-state index in [0.717, 1.165) is 12.0 Å². The zero-order valence-corrected chi connectivity index (χ0v) is 10.8. The molecule has 0 saturated carbocycles. The van der Waals surface area contributed by atoms with Crippen molar-refractivity contribution >= 4 is 5.97 Å². The van der Waals surface area contributed by atoms with Gasteiger partial charge in [-0.15, -0.1) is 0 Å². The highest BCUT2D eigenvalue weighted by atomic mass is 16.4. The van der Waals surface area contributed by atoms with E-state index in [-0.39, 0.29) is 17.6 Å². The van der Waals surface area contributed by atoms with Crippen molar-refractivity contribution in [2.45, 2.75) is 38.6 Å². The maximum atomic E-state index is 10.8. The minimum Gasteiger partial charge on any atom is -0.508 e. The van der Waals surface area contributed by atoms with Gasteiger partial charge in [0.15, 0.2) is 0 Å². The summed E-state index contributed by atoms with van der Waals surface area (Å²) in [4.78, 5) is 10.8. The fourth-order valence-corrected chi connectivity index (χ4v) is 2.20. The van der Waals surface area contributed by atoms with E-state index in [9.17, 15) is 9.90 Å². The third kappa shape index (κ3) is 3.74. The minimum atomic E-state index is -0.952. The molecule has 1 aromatic carbocycles. The molecule has 0 amide bonds. The molecule has 0 saturated heterocycles. The van der Waals surface area contributed by atoms with Gasteiger partial charge in [0.25, 0.3) is 0 Å². The van der Waals surface area contributed by atoms with E-state index in [0.29, 0.717) is 6.42 Å². The fraction of sp³-hybridized carbons (Fsp3) is 0.500. The lowest BCUT2D eigenvalue weighted by Crippen LogP contribution is -2.33. The van der Waals surface area contributed by atoms with Gasteiger partial charge in [-0.3, -0.25) is 4.79 Å². The van der Waals surface area contributed by atoms with Gasteiger partial charge in [-0.2, -0.15) is 0 Å². The zero-order chi connectivity index (χ0) is 13.7. The third-order valence-electron chi connectivity index (χ3n) is 3.52. The van der Waals surface area contributed by atoms with Crippen LogP contribution in [0.4, 0.5) is 0 Å². The van der Waals surface area contributed by atoms with Crippen LogP contribution in [0.5, 0.6) is 5.75 Å². The Morgan fingerprint density at radius 2 is 1.89 bits per heavy atom. The lowest BCUT2D eigenvalue weighted by molar-refractivity contribution is -0.139. The highest BCUT2D eigenvalue weighted by Crippen LogP contribution is 2.30. The highest BCUT2D eigenvalue weighted by Gasteiger charge is 2.23. The summed E-state index contributed by atoms with van der Waals surface area (Å²) in [7, 11) is 0. The van der Waals surface area contributed by atoms with E-state index >= 15 is 0 Å². The van der Waals surface area contributed by atoms with E-state index in [4.69, 9.17) is 10.8 Å². The van der Waals surface area contributed by atoms with Gasteiger partial charge in [-0.25, -0.2) is 0 Å². The largest absolute Gasteiger partial charge is 0.508 e. The lowest BCUT2D eigenvalue weighted by Gasteiger charge is -2.24. The molecule has 18 heavy (non-hydrogen) atoms. The van der Waals surface area contributed by atoms with Crippen molar-refractivity contribution in [1.82, 2.24) is 0 Å². The van der Waals surface area contributed by atoms with Crippen molar-refractivity contribution in [3.8, 4) is 5.75 Å². The number of rotatable bonds is 6. The number of carbonyl (C=O) groups is 1. The molecule has 0 spiro atoms. The second-order valence-corrected chi connectivity index (χ2v) is 4.73. The fourth-order valence-electron chi connectivity index (χ4n) is 2.20. The number of benzene rings is 1.